The smallest absolute Gasteiger partial charge is 0.106 e. The number of aliphatic hydroxyl groups is 6. The van der Waals surface area contributed by atoms with E-state index in [1.807, 2.05) is 0 Å². The summed E-state index contributed by atoms with van der Waals surface area (Å²) in [6.45, 7) is 0. The predicted molar refractivity (Wildman–Crippen MR) is 74.8 cm³/mol. The van der Waals surface area contributed by atoms with Gasteiger partial charge in [0, 0.05) is 12.3 Å². The lowest BCUT2D eigenvalue weighted by Crippen LogP contribution is -2.60. The summed E-state index contributed by atoms with van der Waals surface area (Å²) >= 11 is 0. The van der Waals surface area contributed by atoms with Crippen LogP contribution >= 0.6 is 0 Å². The van der Waals surface area contributed by atoms with Gasteiger partial charge in [-0.15, -0.1) is 0 Å². The molecule has 2 aliphatic carbocycles. The van der Waals surface area contributed by atoms with Gasteiger partial charge >= 0.3 is 0 Å². The number of hydrogen-bond acceptors (Lipinski definition) is 7. The van der Waals surface area contributed by atoms with Crippen LogP contribution in [0, 0.1) is 11.8 Å². The summed E-state index contributed by atoms with van der Waals surface area (Å²) in [4.78, 5) is 0. The summed E-state index contributed by atoms with van der Waals surface area (Å²) in [7, 11) is 0. The molecule has 0 aromatic carbocycles. The van der Waals surface area contributed by atoms with Crippen molar-refractivity contribution in [3.63, 3.8) is 0 Å². The number of ether oxygens (including phenoxy) is 1. The van der Waals surface area contributed by atoms with Crippen molar-refractivity contribution in [2.24, 2.45) is 11.8 Å². The lowest BCUT2D eigenvalue weighted by atomic mass is 9.72. The van der Waals surface area contributed by atoms with Crippen molar-refractivity contribution in [2.75, 3.05) is 0 Å². The van der Waals surface area contributed by atoms with E-state index in [9.17, 15) is 30.6 Å². The van der Waals surface area contributed by atoms with E-state index in [1.54, 1.807) is 0 Å². The third-order valence-electron chi connectivity index (χ3n) is 5.65. The molecule has 3 rings (SSSR count). The molecule has 10 atom stereocenters. The van der Waals surface area contributed by atoms with Crippen LogP contribution in [0.2, 0.25) is 0 Å². The summed E-state index contributed by atoms with van der Waals surface area (Å²) < 4.78 is 5.94. The fourth-order valence-corrected chi connectivity index (χ4v) is 4.29. The summed E-state index contributed by atoms with van der Waals surface area (Å²) in [5, 5.41) is 59.4. The molecule has 3 aliphatic rings. The molecule has 3 fully saturated rings. The molecule has 10 unspecified atom stereocenters. The van der Waals surface area contributed by atoms with Crippen molar-refractivity contribution in [3.05, 3.63) is 0 Å². The molecule has 6 N–H and O–H groups in total. The van der Waals surface area contributed by atoms with Gasteiger partial charge in [0.05, 0.1) is 42.7 Å². The average molecular weight is 318 g/mol. The second-order valence-corrected chi connectivity index (χ2v) is 7.10. The highest BCUT2D eigenvalue weighted by molar-refractivity contribution is 5.00. The second kappa shape index (κ2) is 6.32. The Balaban J connectivity index is 1.69. The Morgan fingerprint density at radius 1 is 0.636 bits per heavy atom. The minimum Gasteiger partial charge on any atom is -0.390 e. The summed E-state index contributed by atoms with van der Waals surface area (Å²) in [6, 6.07) is 0. The van der Waals surface area contributed by atoms with Crippen LogP contribution in [-0.2, 0) is 4.74 Å². The molecule has 128 valence electrons. The fraction of sp³-hybridized carbons (Fsp3) is 1.00. The third-order valence-corrected chi connectivity index (χ3v) is 5.65. The van der Waals surface area contributed by atoms with Gasteiger partial charge in [-0.25, -0.2) is 0 Å². The van der Waals surface area contributed by atoms with Crippen LogP contribution < -0.4 is 0 Å². The van der Waals surface area contributed by atoms with E-state index in [0.717, 1.165) is 0 Å². The van der Waals surface area contributed by atoms with Gasteiger partial charge in [0.1, 0.15) is 6.10 Å². The van der Waals surface area contributed by atoms with Crippen LogP contribution in [-0.4, -0.2) is 79.5 Å². The van der Waals surface area contributed by atoms with E-state index >= 15 is 0 Å². The van der Waals surface area contributed by atoms with Crippen LogP contribution in [0.4, 0.5) is 0 Å². The molecule has 1 saturated heterocycles. The van der Waals surface area contributed by atoms with Crippen molar-refractivity contribution < 1.29 is 35.4 Å². The zero-order valence-electron chi connectivity index (χ0n) is 12.4. The molecule has 0 aromatic heterocycles. The summed E-state index contributed by atoms with van der Waals surface area (Å²) in [5.41, 5.74) is 0. The van der Waals surface area contributed by atoms with E-state index in [4.69, 9.17) is 4.74 Å². The normalized spacial score (nSPS) is 56.5. The standard InChI is InChI=1S/C15H26O7/c16-8-2-1-6(3-9(8)17)15-11(19)4-7-12(22-15)5-10(18)14(21)13(7)20/h6-21H,1-5H2. The van der Waals surface area contributed by atoms with Crippen LogP contribution in [0.15, 0.2) is 0 Å². The van der Waals surface area contributed by atoms with Gasteiger partial charge in [-0.2, -0.15) is 0 Å². The molecule has 0 radical (unpaired) electrons. The van der Waals surface area contributed by atoms with Crippen LogP contribution in [0.25, 0.3) is 0 Å². The maximum absolute atomic E-state index is 10.4. The number of rotatable bonds is 1. The Morgan fingerprint density at radius 3 is 2.05 bits per heavy atom. The molecule has 7 nitrogen and oxygen atoms in total. The molecular weight excluding hydrogens is 292 g/mol. The highest BCUT2D eigenvalue weighted by Crippen LogP contribution is 2.41. The SMILES string of the molecule is OC1CCC(C2OC3CC(O)C(O)C(O)C3CC2O)CC1O. The molecule has 7 heteroatoms. The Hall–Kier alpha value is -0.280. The van der Waals surface area contributed by atoms with Crippen molar-refractivity contribution in [1.29, 1.82) is 0 Å². The first-order chi connectivity index (χ1) is 10.4. The largest absolute Gasteiger partial charge is 0.390 e. The van der Waals surface area contributed by atoms with E-state index in [1.165, 1.54) is 0 Å². The molecule has 0 amide bonds. The quantitative estimate of drug-likeness (QED) is 0.334. The molecule has 0 aromatic rings. The molecule has 2 saturated carbocycles. The van der Waals surface area contributed by atoms with Crippen molar-refractivity contribution >= 4 is 0 Å². The van der Waals surface area contributed by atoms with E-state index in [2.05, 4.69) is 0 Å². The van der Waals surface area contributed by atoms with Gasteiger partial charge in [-0.05, 0) is 31.6 Å². The second-order valence-electron chi connectivity index (χ2n) is 7.10. The van der Waals surface area contributed by atoms with Crippen molar-refractivity contribution in [3.8, 4) is 0 Å². The van der Waals surface area contributed by atoms with Crippen molar-refractivity contribution in [1.82, 2.24) is 0 Å². The number of hydrogen-bond donors (Lipinski definition) is 6. The molecule has 1 heterocycles. The topological polar surface area (TPSA) is 131 Å². The Labute approximate surface area is 129 Å². The fourth-order valence-electron chi connectivity index (χ4n) is 4.29. The maximum atomic E-state index is 10.4. The van der Waals surface area contributed by atoms with Gasteiger partial charge in [-0.3, -0.25) is 0 Å². The van der Waals surface area contributed by atoms with Gasteiger partial charge in [0.15, 0.2) is 0 Å². The van der Waals surface area contributed by atoms with Crippen LogP contribution in [0.1, 0.15) is 32.1 Å². The Morgan fingerprint density at radius 2 is 1.36 bits per heavy atom. The summed E-state index contributed by atoms with van der Waals surface area (Å²) in [5.74, 6) is -0.459. The van der Waals surface area contributed by atoms with Gasteiger partial charge < -0.3 is 35.4 Å². The van der Waals surface area contributed by atoms with Crippen molar-refractivity contribution in [2.45, 2.75) is 80.9 Å². The number of aliphatic hydroxyl groups excluding tert-OH is 6. The van der Waals surface area contributed by atoms with Gasteiger partial charge in [0.2, 0.25) is 0 Å². The number of fused-ring (bicyclic) bond motifs is 1. The van der Waals surface area contributed by atoms with E-state index in [0.29, 0.717) is 25.7 Å². The Kier molecular flexibility index (Phi) is 4.76. The zero-order chi connectivity index (χ0) is 16.0. The average Bonchev–Trinajstić information content (AvgIpc) is 2.48. The first-order valence-corrected chi connectivity index (χ1v) is 8.12. The predicted octanol–water partition coefficient (Wildman–Crippen LogP) is -1.87. The first-order valence-electron chi connectivity index (χ1n) is 8.12. The minimum absolute atomic E-state index is 0.0597. The maximum Gasteiger partial charge on any atom is 0.106 e. The monoisotopic (exact) mass is 318 g/mol. The molecular formula is C15H26O7. The van der Waals surface area contributed by atoms with Gasteiger partial charge in [-0.1, -0.05) is 0 Å². The van der Waals surface area contributed by atoms with E-state index in [-0.39, 0.29) is 12.3 Å². The van der Waals surface area contributed by atoms with Crippen LogP contribution in [0.5, 0.6) is 0 Å². The third kappa shape index (κ3) is 2.91. The highest BCUT2D eigenvalue weighted by atomic mass is 16.5. The molecule has 0 bridgehead atoms. The summed E-state index contributed by atoms with van der Waals surface area (Å²) in [6.07, 6.45) is -4.53. The van der Waals surface area contributed by atoms with E-state index < -0.39 is 54.7 Å². The van der Waals surface area contributed by atoms with Gasteiger partial charge in [0.25, 0.3) is 0 Å². The lowest BCUT2D eigenvalue weighted by Gasteiger charge is -2.49. The molecule has 1 aliphatic heterocycles. The molecule has 0 spiro atoms. The lowest BCUT2D eigenvalue weighted by molar-refractivity contribution is -0.237. The first kappa shape index (κ1) is 16.6. The highest BCUT2D eigenvalue weighted by Gasteiger charge is 2.50. The zero-order valence-corrected chi connectivity index (χ0v) is 12.4. The molecule has 22 heavy (non-hydrogen) atoms. The van der Waals surface area contributed by atoms with Crippen LogP contribution in [0.3, 0.4) is 0 Å². The minimum atomic E-state index is -1.21. The Bertz CT molecular complexity index is 392.